The summed E-state index contributed by atoms with van der Waals surface area (Å²) in [7, 11) is 1.57. The molecule has 0 bridgehead atoms. The van der Waals surface area contributed by atoms with Gasteiger partial charge < -0.3 is 19.7 Å². The molecule has 160 valence electrons. The van der Waals surface area contributed by atoms with E-state index < -0.39 is 0 Å². The highest BCUT2D eigenvalue weighted by atomic mass is 16.5. The minimum absolute atomic E-state index is 0.0214. The predicted molar refractivity (Wildman–Crippen MR) is 115 cm³/mol. The van der Waals surface area contributed by atoms with Crippen molar-refractivity contribution in [2.45, 2.75) is 13.5 Å². The topological polar surface area (TPSA) is 71.1 Å². The van der Waals surface area contributed by atoms with E-state index in [4.69, 9.17) is 9.47 Å². The van der Waals surface area contributed by atoms with Crippen LogP contribution in [0.3, 0.4) is 0 Å². The summed E-state index contributed by atoms with van der Waals surface area (Å²) >= 11 is 0. The molecule has 30 heavy (non-hydrogen) atoms. The van der Waals surface area contributed by atoms with E-state index in [1.807, 2.05) is 42.2 Å². The lowest BCUT2D eigenvalue weighted by Gasteiger charge is -2.34. The number of carbonyl (C=O) groups excluding carboxylic acids is 2. The number of piperazine rings is 1. The van der Waals surface area contributed by atoms with E-state index in [1.54, 1.807) is 25.3 Å². The number of methoxy groups -OCH3 is 1. The highest BCUT2D eigenvalue weighted by Crippen LogP contribution is 2.29. The van der Waals surface area contributed by atoms with Gasteiger partial charge in [0.15, 0.2) is 11.5 Å². The SMILES string of the molecule is CCNC(=O)CN1CCN(C(=O)c2ccc(OCc3ccccc3)c(OC)c2)CC1. The molecular formula is C23H29N3O4. The van der Waals surface area contributed by atoms with Gasteiger partial charge in [-0.15, -0.1) is 0 Å². The number of benzene rings is 2. The van der Waals surface area contributed by atoms with Gasteiger partial charge in [-0.2, -0.15) is 0 Å². The van der Waals surface area contributed by atoms with Gasteiger partial charge in [-0.05, 0) is 30.7 Å². The van der Waals surface area contributed by atoms with Gasteiger partial charge in [0.2, 0.25) is 5.91 Å². The molecule has 3 rings (SSSR count). The molecule has 0 atom stereocenters. The van der Waals surface area contributed by atoms with Crippen LogP contribution in [0.5, 0.6) is 11.5 Å². The van der Waals surface area contributed by atoms with Crippen LogP contribution in [0.4, 0.5) is 0 Å². The quantitative estimate of drug-likeness (QED) is 0.721. The van der Waals surface area contributed by atoms with Gasteiger partial charge >= 0.3 is 0 Å². The number of nitrogens with zero attached hydrogens (tertiary/aromatic N) is 2. The number of hydrogen-bond acceptors (Lipinski definition) is 5. The summed E-state index contributed by atoms with van der Waals surface area (Å²) in [6.07, 6.45) is 0. The number of hydrogen-bond donors (Lipinski definition) is 1. The first-order valence-electron chi connectivity index (χ1n) is 10.2. The van der Waals surface area contributed by atoms with Crippen LogP contribution in [0.25, 0.3) is 0 Å². The Labute approximate surface area is 177 Å². The molecule has 0 saturated carbocycles. The number of amides is 2. The second kappa shape index (κ2) is 10.6. The fourth-order valence-corrected chi connectivity index (χ4v) is 3.40. The molecule has 0 unspecified atom stereocenters. The van der Waals surface area contributed by atoms with E-state index in [0.29, 0.717) is 62.9 Å². The molecular weight excluding hydrogens is 382 g/mol. The molecule has 1 aliphatic heterocycles. The van der Waals surface area contributed by atoms with Crippen molar-refractivity contribution < 1.29 is 19.1 Å². The molecule has 2 amide bonds. The molecule has 0 aromatic heterocycles. The van der Waals surface area contributed by atoms with E-state index in [2.05, 4.69) is 10.2 Å². The highest BCUT2D eigenvalue weighted by Gasteiger charge is 2.24. The molecule has 0 spiro atoms. The zero-order valence-corrected chi connectivity index (χ0v) is 17.6. The Morgan fingerprint density at radius 3 is 2.40 bits per heavy atom. The van der Waals surface area contributed by atoms with E-state index in [-0.39, 0.29) is 11.8 Å². The van der Waals surface area contributed by atoms with E-state index in [9.17, 15) is 9.59 Å². The minimum Gasteiger partial charge on any atom is -0.493 e. The van der Waals surface area contributed by atoms with Gasteiger partial charge in [0, 0.05) is 38.3 Å². The summed E-state index contributed by atoms with van der Waals surface area (Å²) in [5.74, 6) is 1.12. The Hall–Kier alpha value is -3.06. The Balaban J connectivity index is 1.58. The number of ether oxygens (including phenoxy) is 2. The van der Waals surface area contributed by atoms with E-state index >= 15 is 0 Å². The second-order valence-electron chi connectivity index (χ2n) is 7.16. The van der Waals surface area contributed by atoms with Crippen LogP contribution in [-0.2, 0) is 11.4 Å². The third-order valence-corrected chi connectivity index (χ3v) is 5.05. The van der Waals surface area contributed by atoms with Crippen LogP contribution in [0.2, 0.25) is 0 Å². The van der Waals surface area contributed by atoms with Gasteiger partial charge in [-0.25, -0.2) is 0 Å². The Bertz CT molecular complexity index is 849. The largest absolute Gasteiger partial charge is 0.493 e. The molecule has 0 radical (unpaired) electrons. The molecule has 7 nitrogen and oxygen atoms in total. The normalized spacial score (nSPS) is 14.3. The number of likely N-dealkylation sites (N-methyl/N-ethyl adjacent to an activating group) is 1. The number of nitrogens with one attached hydrogen (secondary N) is 1. The standard InChI is InChI=1S/C23H29N3O4/c1-3-24-22(27)16-25-11-13-26(14-12-25)23(28)19-9-10-20(21(15-19)29-2)30-17-18-7-5-4-6-8-18/h4-10,15H,3,11-14,16-17H2,1-2H3,(H,24,27). The highest BCUT2D eigenvalue weighted by molar-refractivity contribution is 5.95. The smallest absolute Gasteiger partial charge is 0.254 e. The molecule has 7 heteroatoms. The first-order chi connectivity index (χ1) is 14.6. The van der Waals surface area contributed by atoms with Crippen LogP contribution in [0.15, 0.2) is 48.5 Å². The first kappa shape index (κ1) is 21.6. The van der Waals surface area contributed by atoms with Gasteiger partial charge in [0.05, 0.1) is 13.7 Å². The van der Waals surface area contributed by atoms with Gasteiger partial charge in [0.1, 0.15) is 6.61 Å². The van der Waals surface area contributed by atoms with Crippen molar-refractivity contribution in [2.75, 3.05) is 46.4 Å². The van der Waals surface area contributed by atoms with Gasteiger partial charge in [0.25, 0.3) is 5.91 Å². The average Bonchev–Trinajstić information content (AvgIpc) is 2.78. The molecule has 2 aromatic carbocycles. The molecule has 1 aliphatic rings. The molecule has 1 N–H and O–H groups in total. The first-order valence-corrected chi connectivity index (χ1v) is 10.2. The van der Waals surface area contributed by atoms with Crippen molar-refractivity contribution >= 4 is 11.8 Å². The zero-order valence-electron chi connectivity index (χ0n) is 17.6. The average molecular weight is 412 g/mol. The third kappa shape index (κ3) is 5.73. The maximum atomic E-state index is 12.9. The lowest BCUT2D eigenvalue weighted by molar-refractivity contribution is -0.122. The zero-order chi connectivity index (χ0) is 21.3. The Kier molecular flexibility index (Phi) is 7.68. The van der Waals surface area contributed by atoms with Crippen LogP contribution in [0.1, 0.15) is 22.8 Å². The Morgan fingerprint density at radius 1 is 1.00 bits per heavy atom. The lowest BCUT2D eigenvalue weighted by Crippen LogP contribution is -2.51. The van der Waals surface area contributed by atoms with Crippen LogP contribution >= 0.6 is 0 Å². The lowest BCUT2D eigenvalue weighted by atomic mass is 10.1. The van der Waals surface area contributed by atoms with Crippen molar-refractivity contribution in [1.82, 2.24) is 15.1 Å². The van der Waals surface area contributed by atoms with Crippen LogP contribution < -0.4 is 14.8 Å². The second-order valence-corrected chi connectivity index (χ2v) is 7.16. The summed E-state index contributed by atoms with van der Waals surface area (Å²) in [5.41, 5.74) is 1.63. The summed E-state index contributed by atoms with van der Waals surface area (Å²) in [6, 6.07) is 15.2. The maximum absolute atomic E-state index is 12.9. The number of carbonyl (C=O) groups is 2. The monoisotopic (exact) mass is 411 g/mol. The predicted octanol–water partition coefficient (Wildman–Crippen LogP) is 2.17. The summed E-state index contributed by atoms with van der Waals surface area (Å²) in [5, 5.41) is 2.80. The fourth-order valence-electron chi connectivity index (χ4n) is 3.40. The van der Waals surface area contributed by atoms with Crippen molar-refractivity contribution in [3.05, 3.63) is 59.7 Å². The molecule has 1 saturated heterocycles. The maximum Gasteiger partial charge on any atom is 0.254 e. The summed E-state index contributed by atoms with van der Waals surface area (Å²) in [4.78, 5) is 28.5. The molecule has 2 aromatic rings. The molecule has 1 fully saturated rings. The third-order valence-electron chi connectivity index (χ3n) is 5.05. The van der Waals surface area contributed by atoms with Crippen molar-refractivity contribution in [1.29, 1.82) is 0 Å². The van der Waals surface area contributed by atoms with Gasteiger partial charge in [-0.3, -0.25) is 14.5 Å². The van der Waals surface area contributed by atoms with E-state index in [0.717, 1.165) is 5.56 Å². The fraction of sp³-hybridized carbons (Fsp3) is 0.391. The van der Waals surface area contributed by atoms with E-state index in [1.165, 1.54) is 0 Å². The molecule has 0 aliphatic carbocycles. The minimum atomic E-state index is -0.0411. The van der Waals surface area contributed by atoms with Crippen LogP contribution in [0, 0.1) is 0 Å². The van der Waals surface area contributed by atoms with Crippen molar-refractivity contribution in [3.8, 4) is 11.5 Å². The molecule has 1 heterocycles. The van der Waals surface area contributed by atoms with Gasteiger partial charge in [-0.1, -0.05) is 30.3 Å². The number of rotatable bonds is 8. The van der Waals surface area contributed by atoms with Crippen molar-refractivity contribution in [2.24, 2.45) is 0 Å². The van der Waals surface area contributed by atoms with Crippen LogP contribution in [-0.4, -0.2) is 68.0 Å². The summed E-state index contributed by atoms with van der Waals surface area (Å²) < 4.78 is 11.3. The summed E-state index contributed by atoms with van der Waals surface area (Å²) in [6.45, 7) is 5.87. The van der Waals surface area contributed by atoms with Crippen molar-refractivity contribution in [3.63, 3.8) is 0 Å². The Morgan fingerprint density at radius 2 is 1.73 bits per heavy atom.